The molecule has 1 rings (SSSR count). The zero-order valence-electron chi connectivity index (χ0n) is 26.0. The van der Waals surface area contributed by atoms with Gasteiger partial charge in [0.05, 0.1) is 0 Å². The molecular weight excluding hydrogens is 521 g/mol. The SMILES string of the molecule is CCC(C)[Si]1(C)O[Si](C)(C(C)CC)O[Si](C)(C(C)CC)O[Si](C)(C(C)CC)O[Si](C)(C(C)CC)O1. The van der Waals surface area contributed by atoms with E-state index in [1.54, 1.807) is 0 Å². The molecule has 0 N–H and O–H groups in total. The number of hydrogen-bond donors (Lipinski definition) is 0. The molecule has 1 fully saturated rings. The van der Waals surface area contributed by atoms with Crippen LogP contribution in [-0.2, 0) is 20.6 Å². The van der Waals surface area contributed by atoms with Crippen molar-refractivity contribution < 1.29 is 20.6 Å². The summed E-state index contributed by atoms with van der Waals surface area (Å²) in [6.07, 6.45) is 5.19. The van der Waals surface area contributed by atoms with E-state index in [1.165, 1.54) is 0 Å². The van der Waals surface area contributed by atoms with Gasteiger partial charge in [0, 0.05) is 0 Å². The van der Waals surface area contributed by atoms with Gasteiger partial charge in [0.25, 0.3) is 0 Å². The molecule has 1 saturated heterocycles. The molecule has 210 valence electrons. The maximum Gasteiger partial charge on any atom is 0.320 e. The van der Waals surface area contributed by atoms with E-state index in [4.69, 9.17) is 20.6 Å². The molecule has 0 spiro atoms. The molecule has 1 heterocycles. The summed E-state index contributed by atoms with van der Waals surface area (Å²) in [6, 6.07) is 0. The minimum Gasteiger partial charge on any atom is -0.415 e. The largest absolute Gasteiger partial charge is 0.415 e. The molecule has 5 atom stereocenters. The fourth-order valence-corrected chi connectivity index (χ4v) is 35.5. The topological polar surface area (TPSA) is 46.2 Å². The molecule has 1 aliphatic heterocycles. The summed E-state index contributed by atoms with van der Waals surface area (Å²) in [4.78, 5) is 0. The van der Waals surface area contributed by atoms with E-state index in [-0.39, 0.29) is 0 Å². The van der Waals surface area contributed by atoms with Crippen LogP contribution in [0.15, 0.2) is 0 Å². The van der Waals surface area contributed by atoms with Gasteiger partial charge in [-0.25, -0.2) is 0 Å². The average Bonchev–Trinajstić information content (AvgIpc) is 2.79. The van der Waals surface area contributed by atoms with Gasteiger partial charge in [-0.05, 0) is 60.4 Å². The zero-order chi connectivity index (χ0) is 27.5. The van der Waals surface area contributed by atoms with Crippen molar-refractivity contribution in [2.24, 2.45) is 0 Å². The Labute approximate surface area is 224 Å². The molecule has 10 heteroatoms. The third-order valence-electron chi connectivity index (χ3n) is 9.56. The zero-order valence-corrected chi connectivity index (χ0v) is 31.0. The standard InChI is InChI=1S/C25H60O5Si5/c1-16-21(6)31(11)26-32(12,22(7)17-2)28-34(14,24(9)19-4)30-35(15,25(10)20-5)29-33(13,27-31)23(8)18-3/h21-25H,16-20H2,1-15H3. The maximum atomic E-state index is 7.40. The summed E-state index contributed by atoms with van der Waals surface area (Å²) in [5.41, 5.74) is 1.78. The van der Waals surface area contributed by atoms with Crippen molar-refractivity contribution in [3.8, 4) is 0 Å². The van der Waals surface area contributed by atoms with Crippen LogP contribution in [0.4, 0.5) is 0 Å². The predicted molar refractivity (Wildman–Crippen MR) is 162 cm³/mol. The van der Waals surface area contributed by atoms with Crippen molar-refractivity contribution in [1.82, 2.24) is 0 Å². The van der Waals surface area contributed by atoms with E-state index in [2.05, 4.69) is 102 Å². The first-order valence-electron chi connectivity index (χ1n) is 14.4. The minimum atomic E-state index is -2.66. The lowest BCUT2D eigenvalue weighted by Gasteiger charge is -2.55. The van der Waals surface area contributed by atoms with E-state index < -0.39 is 42.8 Å². The van der Waals surface area contributed by atoms with Crippen molar-refractivity contribution in [2.75, 3.05) is 0 Å². The Balaban J connectivity index is 3.98. The van der Waals surface area contributed by atoms with Crippen LogP contribution >= 0.6 is 0 Å². The predicted octanol–water partition coefficient (Wildman–Crippen LogP) is 9.44. The summed E-state index contributed by atoms with van der Waals surface area (Å²) >= 11 is 0. The Morgan fingerprint density at radius 3 is 0.543 bits per heavy atom. The normalized spacial score (nSPS) is 41.6. The molecule has 0 bridgehead atoms. The third kappa shape index (κ3) is 7.51. The molecule has 5 unspecified atom stereocenters. The van der Waals surface area contributed by atoms with Crippen LogP contribution in [0.25, 0.3) is 0 Å². The summed E-state index contributed by atoms with van der Waals surface area (Å²) in [7, 11) is -13.3. The summed E-state index contributed by atoms with van der Waals surface area (Å²) in [5, 5.41) is 0. The molecule has 0 amide bonds. The first-order chi connectivity index (χ1) is 15.9. The monoisotopic (exact) mass is 580 g/mol. The molecule has 0 aliphatic carbocycles. The Kier molecular flexibility index (Phi) is 12.4. The van der Waals surface area contributed by atoms with Crippen LogP contribution in [0, 0.1) is 0 Å². The molecule has 0 saturated carbocycles. The summed E-state index contributed by atoms with van der Waals surface area (Å²) < 4.78 is 37.0. The van der Waals surface area contributed by atoms with Gasteiger partial charge in [0.15, 0.2) is 0 Å². The van der Waals surface area contributed by atoms with E-state index >= 15 is 0 Å². The molecule has 0 aromatic carbocycles. The van der Waals surface area contributed by atoms with Crippen LogP contribution in [0.1, 0.15) is 101 Å². The first-order valence-corrected chi connectivity index (χ1v) is 26.4. The van der Waals surface area contributed by atoms with Crippen LogP contribution in [0.3, 0.4) is 0 Å². The third-order valence-corrected chi connectivity index (χ3v) is 36.8. The van der Waals surface area contributed by atoms with E-state index in [0.717, 1.165) is 32.1 Å². The van der Waals surface area contributed by atoms with Crippen LogP contribution in [-0.4, -0.2) is 42.8 Å². The van der Waals surface area contributed by atoms with Gasteiger partial charge in [-0.3, -0.25) is 0 Å². The Morgan fingerprint density at radius 1 is 0.343 bits per heavy atom. The Morgan fingerprint density at radius 2 is 0.457 bits per heavy atom. The van der Waals surface area contributed by atoms with Crippen LogP contribution in [0.5, 0.6) is 0 Å². The Bertz CT molecular complexity index is 528. The smallest absolute Gasteiger partial charge is 0.320 e. The lowest BCUT2D eigenvalue weighted by molar-refractivity contribution is 0.200. The highest BCUT2D eigenvalue weighted by atomic mass is 28.5. The van der Waals surface area contributed by atoms with Gasteiger partial charge >= 0.3 is 42.8 Å². The fourth-order valence-electron chi connectivity index (χ4n) is 4.98. The lowest BCUT2D eigenvalue weighted by Crippen LogP contribution is -2.70. The van der Waals surface area contributed by atoms with Crippen molar-refractivity contribution >= 4 is 42.8 Å². The minimum absolute atomic E-state index is 0.356. The summed E-state index contributed by atoms with van der Waals surface area (Å²) in [6.45, 7) is 34.5. The molecule has 1 aliphatic rings. The molecule has 0 radical (unpaired) electrons. The van der Waals surface area contributed by atoms with Gasteiger partial charge in [-0.2, -0.15) is 0 Å². The fraction of sp³-hybridized carbons (Fsp3) is 1.00. The van der Waals surface area contributed by atoms with Crippen molar-refractivity contribution in [3.05, 3.63) is 0 Å². The Hall–Kier alpha value is 0.884. The van der Waals surface area contributed by atoms with Gasteiger partial charge in [0.2, 0.25) is 0 Å². The van der Waals surface area contributed by atoms with Gasteiger partial charge in [-0.15, -0.1) is 0 Å². The van der Waals surface area contributed by atoms with Crippen molar-refractivity contribution in [2.45, 2.75) is 162 Å². The highest BCUT2D eigenvalue weighted by Crippen LogP contribution is 2.47. The van der Waals surface area contributed by atoms with Crippen LogP contribution < -0.4 is 0 Å². The number of rotatable bonds is 10. The molecule has 0 aromatic rings. The van der Waals surface area contributed by atoms with Crippen molar-refractivity contribution in [3.63, 3.8) is 0 Å². The van der Waals surface area contributed by atoms with Crippen molar-refractivity contribution in [1.29, 1.82) is 0 Å². The van der Waals surface area contributed by atoms with Crippen LogP contribution in [0.2, 0.25) is 60.4 Å². The molecule has 35 heavy (non-hydrogen) atoms. The first kappa shape index (κ1) is 33.9. The van der Waals surface area contributed by atoms with Gasteiger partial charge in [0.1, 0.15) is 0 Å². The van der Waals surface area contributed by atoms with Gasteiger partial charge < -0.3 is 20.6 Å². The molecular formula is C25H60O5Si5. The average molecular weight is 581 g/mol. The highest BCUT2D eigenvalue weighted by molar-refractivity contribution is 6.95. The second-order valence-corrected chi connectivity index (χ2v) is 31.3. The lowest BCUT2D eigenvalue weighted by atomic mass is 10.4. The second-order valence-electron chi connectivity index (χ2n) is 12.1. The highest BCUT2D eigenvalue weighted by Gasteiger charge is 2.62. The van der Waals surface area contributed by atoms with E-state index in [1.807, 2.05) is 0 Å². The quantitative estimate of drug-likeness (QED) is 0.241. The second kappa shape index (κ2) is 12.8. The van der Waals surface area contributed by atoms with E-state index in [0.29, 0.717) is 27.7 Å². The molecule has 5 nitrogen and oxygen atoms in total. The van der Waals surface area contributed by atoms with E-state index in [9.17, 15) is 0 Å². The maximum absolute atomic E-state index is 7.40. The summed E-state index contributed by atoms with van der Waals surface area (Å²) in [5.74, 6) is 0. The number of hydrogen-bond acceptors (Lipinski definition) is 5. The van der Waals surface area contributed by atoms with Gasteiger partial charge in [-0.1, -0.05) is 101 Å². The molecule has 0 aromatic heterocycles.